The van der Waals surface area contributed by atoms with Crippen molar-refractivity contribution in [3.05, 3.63) is 0 Å². The lowest BCUT2D eigenvalue weighted by Crippen LogP contribution is -2.56. The summed E-state index contributed by atoms with van der Waals surface area (Å²) in [7, 11) is 0. The molecule has 0 aromatic carbocycles. The maximum absolute atomic E-state index is 13.2. The SMILES string of the molecule is CCCC(=O)N1CCC[C@@H](N2C(=O)NC3(CCN(CC(C)C)CC3)C2=O)C1. The van der Waals surface area contributed by atoms with Crippen LogP contribution in [0.3, 0.4) is 0 Å². The van der Waals surface area contributed by atoms with Crippen molar-refractivity contribution < 1.29 is 14.4 Å². The van der Waals surface area contributed by atoms with Crippen molar-refractivity contribution in [2.75, 3.05) is 32.7 Å². The number of rotatable bonds is 5. The average molecular weight is 379 g/mol. The smallest absolute Gasteiger partial charge is 0.325 e. The third-order valence-electron chi connectivity index (χ3n) is 6.10. The molecule has 3 fully saturated rings. The van der Waals surface area contributed by atoms with Gasteiger partial charge in [-0.25, -0.2) is 4.79 Å². The second-order valence-corrected chi connectivity index (χ2v) is 8.77. The molecule has 0 saturated carbocycles. The van der Waals surface area contributed by atoms with E-state index in [9.17, 15) is 14.4 Å². The first kappa shape index (κ1) is 20.1. The standard InChI is InChI=1S/C20H34N4O3/c1-4-6-17(25)23-10-5-7-16(14-23)24-18(26)20(21-19(24)27)8-11-22(12-9-20)13-15(2)3/h15-16H,4-14H2,1-3H3,(H,21,27)/t16-/m1/s1. The van der Waals surface area contributed by atoms with Gasteiger partial charge in [0.15, 0.2) is 0 Å². The minimum Gasteiger partial charge on any atom is -0.341 e. The van der Waals surface area contributed by atoms with Gasteiger partial charge < -0.3 is 15.1 Å². The first-order valence-corrected chi connectivity index (χ1v) is 10.5. The second kappa shape index (κ2) is 8.17. The van der Waals surface area contributed by atoms with E-state index < -0.39 is 5.54 Å². The van der Waals surface area contributed by atoms with Crippen LogP contribution in [0.15, 0.2) is 0 Å². The van der Waals surface area contributed by atoms with Gasteiger partial charge in [-0.3, -0.25) is 14.5 Å². The molecule has 1 N–H and O–H groups in total. The molecule has 0 unspecified atom stereocenters. The number of urea groups is 1. The summed E-state index contributed by atoms with van der Waals surface area (Å²) in [6, 6.07) is -0.466. The summed E-state index contributed by atoms with van der Waals surface area (Å²) >= 11 is 0. The van der Waals surface area contributed by atoms with Gasteiger partial charge in [-0.1, -0.05) is 20.8 Å². The van der Waals surface area contributed by atoms with Crippen molar-refractivity contribution in [2.24, 2.45) is 5.92 Å². The number of nitrogens with zero attached hydrogens (tertiary/aromatic N) is 3. The normalized spacial score (nSPS) is 26.1. The zero-order chi connectivity index (χ0) is 19.6. The molecule has 1 spiro atoms. The van der Waals surface area contributed by atoms with Crippen LogP contribution in [0.2, 0.25) is 0 Å². The maximum Gasteiger partial charge on any atom is 0.325 e. The first-order chi connectivity index (χ1) is 12.9. The zero-order valence-corrected chi connectivity index (χ0v) is 17.0. The number of hydrogen-bond acceptors (Lipinski definition) is 4. The molecule has 0 radical (unpaired) electrons. The Bertz CT molecular complexity index is 584. The molecular formula is C20H34N4O3. The van der Waals surface area contributed by atoms with Crippen molar-refractivity contribution in [1.29, 1.82) is 0 Å². The highest BCUT2D eigenvalue weighted by Crippen LogP contribution is 2.32. The molecule has 7 nitrogen and oxygen atoms in total. The summed E-state index contributed by atoms with van der Waals surface area (Å²) in [6.45, 7) is 10.3. The third-order valence-corrected chi connectivity index (χ3v) is 6.10. The van der Waals surface area contributed by atoms with Crippen molar-refractivity contribution >= 4 is 17.8 Å². The average Bonchev–Trinajstić information content (AvgIpc) is 2.87. The monoisotopic (exact) mass is 378 g/mol. The number of imide groups is 1. The third kappa shape index (κ3) is 4.13. The summed E-state index contributed by atoms with van der Waals surface area (Å²) in [4.78, 5) is 43.8. The lowest BCUT2D eigenvalue weighted by molar-refractivity contribution is -0.139. The van der Waals surface area contributed by atoms with E-state index in [0.717, 1.165) is 45.4 Å². The van der Waals surface area contributed by atoms with Gasteiger partial charge in [-0.15, -0.1) is 0 Å². The van der Waals surface area contributed by atoms with Gasteiger partial charge in [-0.2, -0.15) is 0 Å². The molecule has 3 rings (SSSR count). The molecule has 0 aromatic rings. The molecular weight excluding hydrogens is 344 g/mol. The van der Waals surface area contributed by atoms with Crippen LogP contribution >= 0.6 is 0 Å². The number of carbonyl (C=O) groups is 3. The summed E-state index contributed by atoms with van der Waals surface area (Å²) in [5.74, 6) is 0.649. The number of amides is 4. The number of nitrogens with one attached hydrogen (secondary N) is 1. The fourth-order valence-electron chi connectivity index (χ4n) is 4.71. The van der Waals surface area contributed by atoms with Gasteiger partial charge in [0, 0.05) is 39.1 Å². The van der Waals surface area contributed by atoms with Crippen LogP contribution in [0.5, 0.6) is 0 Å². The van der Waals surface area contributed by atoms with Crippen molar-refractivity contribution in [1.82, 2.24) is 20.0 Å². The minimum absolute atomic E-state index is 0.0773. The summed E-state index contributed by atoms with van der Waals surface area (Å²) in [6.07, 6.45) is 4.32. The van der Waals surface area contributed by atoms with Crippen molar-refractivity contribution in [2.45, 2.75) is 70.9 Å². The Balaban J connectivity index is 1.65. The van der Waals surface area contributed by atoms with Gasteiger partial charge >= 0.3 is 6.03 Å². The van der Waals surface area contributed by atoms with E-state index in [0.29, 0.717) is 31.7 Å². The van der Waals surface area contributed by atoms with E-state index in [4.69, 9.17) is 0 Å². The highest BCUT2D eigenvalue weighted by molar-refractivity contribution is 6.07. The van der Waals surface area contributed by atoms with E-state index >= 15 is 0 Å². The summed E-state index contributed by atoms with van der Waals surface area (Å²) in [5, 5.41) is 3.02. The molecule has 27 heavy (non-hydrogen) atoms. The predicted molar refractivity (Wildman–Crippen MR) is 103 cm³/mol. The molecule has 152 valence electrons. The number of likely N-dealkylation sites (tertiary alicyclic amines) is 2. The molecule has 0 aromatic heterocycles. The summed E-state index contributed by atoms with van der Waals surface area (Å²) in [5.41, 5.74) is -0.736. The highest BCUT2D eigenvalue weighted by atomic mass is 16.2. The number of piperidine rings is 2. The van der Waals surface area contributed by atoms with Gasteiger partial charge in [0.1, 0.15) is 5.54 Å². The molecule has 0 bridgehead atoms. The molecule has 3 heterocycles. The van der Waals surface area contributed by atoms with Crippen molar-refractivity contribution in [3.63, 3.8) is 0 Å². The van der Waals surface area contributed by atoms with Crippen LogP contribution in [0.1, 0.15) is 59.3 Å². The molecule has 1 atom stereocenters. The van der Waals surface area contributed by atoms with Crippen LogP contribution in [0.4, 0.5) is 4.79 Å². The summed E-state index contributed by atoms with van der Waals surface area (Å²) < 4.78 is 0. The topological polar surface area (TPSA) is 73.0 Å². The van der Waals surface area contributed by atoms with Gasteiger partial charge in [0.05, 0.1) is 6.04 Å². The van der Waals surface area contributed by atoms with E-state index in [1.807, 2.05) is 11.8 Å². The van der Waals surface area contributed by atoms with Crippen LogP contribution in [0, 0.1) is 5.92 Å². The molecule has 3 aliphatic rings. The first-order valence-electron chi connectivity index (χ1n) is 10.5. The number of hydrogen-bond donors (Lipinski definition) is 1. The highest BCUT2D eigenvalue weighted by Gasteiger charge is 2.54. The zero-order valence-electron chi connectivity index (χ0n) is 17.0. The Labute approximate surface area is 162 Å². The molecule has 7 heteroatoms. The Hall–Kier alpha value is -1.63. The van der Waals surface area contributed by atoms with E-state index in [1.54, 1.807) is 0 Å². The Kier molecular flexibility index (Phi) is 6.08. The van der Waals surface area contributed by atoms with E-state index in [1.165, 1.54) is 4.90 Å². The van der Waals surface area contributed by atoms with Crippen molar-refractivity contribution in [3.8, 4) is 0 Å². The molecule has 0 aliphatic carbocycles. The quantitative estimate of drug-likeness (QED) is 0.741. The fourth-order valence-corrected chi connectivity index (χ4v) is 4.71. The Morgan fingerprint density at radius 3 is 2.56 bits per heavy atom. The van der Waals surface area contributed by atoms with Crippen LogP contribution < -0.4 is 5.32 Å². The van der Waals surface area contributed by atoms with Crippen LogP contribution in [-0.4, -0.2) is 76.8 Å². The molecule has 3 aliphatic heterocycles. The van der Waals surface area contributed by atoms with Gasteiger partial charge in [0.2, 0.25) is 5.91 Å². The largest absolute Gasteiger partial charge is 0.341 e. The minimum atomic E-state index is -0.736. The molecule has 4 amide bonds. The predicted octanol–water partition coefficient (Wildman–Crippen LogP) is 1.82. The Morgan fingerprint density at radius 2 is 1.93 bits per heavy atom. The second-order valence-electron chi connectivity index (χ2n) is 8.77. The lowest BCUT2D eigenvalue weighted by Gasteiger charge is -2.39. The Morgan fingerprint density at radius 1 is 1.22 bits per heavy atom. The maximum atomic E-state index is 13.2. The fraction of sp³-hybridized carbons (Fsp3) is 0.850. The van der Waals surface area contributed by atoms with Crippen LogP contribution in [-0.2, 0) is 9.59 Å². The van der Waals surface area contributed by atoms with E-state index in [2.05, 4.69) is 24.1 Å². The van der Waals surface area contributed by atoms with E-state index in [-0.39, 0.29) is 23.9 Å². The van der Waals surface area contributed by atoms with Gasteiger partial charge in [-0.05, 0) is 38.0 Å². The molecule has 3 saturated heterocycles. The number of carbonyl (C=O) groups excluding carboxylic acids is 3. The lowest BCUT2D eigenvalue weighted by atomic mass is 9.86. The van der Waals surface area contributed by atoms with Gasteiger partial charge in [0.25, 0.3) is 5.91 Å². The van der Waals surface area contributed by atoms with Crippen LogP contribution in [0.25, 0.3) is 0 Å².